The Morgan fingerprint density at radius 3 is 2.32 bits per heavy atom. The standard InChI is InChI=1S/C25H27N3O5S/c1-17-6-2-3-7-19(17)25(31)27-22-10-11-23(21-9-5-4-8-20(21)22)34(32,33)28(24(30)16-29)18-12-14-26-15-13-18/h2-11,18,26,29H,12-16H2,1H3,(H,27,31). The second kappa shape index (κ2) is 9.92. The highest BCUT2D eigenvalue weighted by Crippen LogP contribution is 2.33. The van der Waals surface area contributed by atoms with E-state index in [4.69, 9.17) is 0 Å². The lowest BCUT2D eigenvalue weighted by Crippen LogP contribution is -2.50. The molecule has 8 nitrogen and oxygen atoms in total. The molecule has 0 atom stereocenters. The second-order valence-electron chi connectivity index (χ2n) is 8.26. The van der Waals surface area contributed by atoms with Crippen LogP contribution in [0.3, 0.4) is 0 Å². The number of carbonyl (C=O) groups excluding carboxylic acids is 2. The quantitative estimate of drug-likeness (QED) is 0.499. The minimum absolute atomic E-state index is 0.0441. The van der Waals surface area contributed by atoms with E-state index in [0.717, 1.165) is 9.87 Å². The molecule has 3 N–H and O–H groups in total. The Morgan fingerprint density at radius 1 is 1.00 bits per heavy atom. The number of hydrogen-bond acceptors (Lipinski definition) is 6. The molecule has 3 aromatic carbocycles. The number of aliphatic hydroxyl groups excluding tert-OH is 1. The van der Waals surface area contributed by atoms with Crippen LogP contribution in [0.25, 0.3) is 10.8 Å². The zero-order valence-corrected chi connectivity index (χ0v) is 19.6. The normalized spacial score (nSPS) is 14.6. The highest BCUT2D eigenvalue weighted by atomic mass is 32.2. The molecule has 1 fully saturated rings. The highest BCUT2D eigenvalue weighted by molar-refractivity contribution is 7.90. The number of benzene rings is 3. The SMILES string of the molecule is Cc1ccccc1C(=O)Nc1ccc(S(=O)(=O)N(C(=O)CO)C2CCNCC2)c2ccccc12. The molecule has 1 aliphatic rings. The maximum Gasteiger partial charge on any atom is 0.267 e. The fourth-order valence-corrected chi connectivity index (χ4v) is 6.21. The topological polar surface area (TPSA) is 116 Å². The number of fused-ring (bicyclic) bond motifs is 1. The van der Waals surface area contributed by atoms with E-state index in [1.165, 1.54) is 12.1 Å². The molecular weight excluding hydrogens is 454 g/mol. The Labute approximate surface area is 198 Å². The van der Waals surface area contributed by atoms with Gasteiger partial charge in [-0.3, -0.25) is 9.59 Å². The van der Waals surface area contributed by atoms with Gasteiger partial charge in [-0.2, -0.15) is 0 Å². The largest absolute Gasteiger partial charge is 0.386 e. The Hall–Kier alpha value is -3.27. The van der Waals surface area contributed by atoms with Crippen LogP contribution in [0.5, 0.6) is 0 Å². The van der Waals surface area contributed by atoms with Gasteiger partial charge in [0, 0.05) is 22.0 Å². The van der Waals surface area contributed by atoms with Crippen LogP contribution in [0.2, 0.25) is 0 Å². The number of piperidine rings is 1. The van der Waals surface area contributed by atoms with Crippen molar-refractivity contribution in [3.8, 4) is 0 Å². The van der Waals surface area contributed by atoms with Gasteiger partial charge in [0.2, 0.25) is 0 Å². The Morgan fingerprint density at radius 2 is 1.65 bits per heavy atom. The summed E-state index contributed by atoms with van der Waals surface area (Å²) >= 11 is 0. The van der Waals surface area contributed by atoms with Crippen molar-refractivity contribution in [2.24, 2.45) is 0 Å². The molecule has 0 aromatic heterocycles. The van der Waals surface area contributed by atoms with E-state index in [-0.39, 0.29) is 10.8 Å². The molecule has 178 valence electrons. The first-order chi connectivity index (χ1) is 16.3. The zero-order chi connectivity index (χ0) is 24.3. The summed E-state index contributed by atoms with van der Waals surface area (Å²) in [5, 5.41) is 16.5. The summed E-state index contributed by atoms with van der Waals surface area (Å²) in [5.41, 5.74) is 1.81. The van der Waals surface area contributed by atoms with Crippen molar-refractivity contribution < 1.29 is 23.1 Å². The van der Waals surface area contributed by atoms with Crippen molar-refractivity contribution in [1.29, 1.82) is 0 Å². The molecule has 2 amide bonds. The van der Waals surface area contributed by atoms with Crippen molar-refractivity contribution >= 4 is 38.3 Å². The van der Waals surface area contributed by atoms with Gasteiger partial charge in [0.05, 0.1) is 10.9 Å². The van der Waals surface area contributed by atoms with Crippen molar-refractivity contribution in [2.75, 3.05) is 25.0 Å². The third kappa shape index (κ3) is 4.54. The van der Waals surface area contributed by atoms with E-state index in [0.29, 0.717) is 48.0 Å². The number of nitrogens with one attached hydrogen (secondary N) is 2. The number of aryl methyl sites for hydroxylation is 1. The molecule has 0 unspecified atom stereocenters. The first-order valence-corrected chi connectivity index (χ1v) is 12.6. The van der Waals surface area contributed by atoms with Crippen molar-refractivity contribution in [1.82, 2.24) is 9.62 Å². The number of sulfonamides is 1. The number of hydrogen-bond donors (Lipinski definition) is 3. The minimum Gasteiger partial charge on any atom is -0.386 e. The molecule has 3 aromatic rings. The monoisotopic (exact) mass is 481 g/mol. The Balaban J connectivity index is 1.77. The predicted molar refractivity (Wildman–Crippen MR) is 130 cm³/mol. The van der Waals surface area contributed by atoms with E-state index in [2.05, 4.69) is 10.6 Å². The van der Waals surface area contributed by atoms with Gasteiger partial charge in [-0.05, 0) is 56.6 Å². The first-order valence-electron chi connectivity index (χ1n) is 11.1. The number of anilines is 1. The highest BCUT2D eigenvalue weighted by Gasteiger charge is 2.37. The van der Waals surface area contributed by atoms with Crippen LogP contribution in [0.4, 0.5) is 5.69 Å². The molecule has 0 spiro atoms. The average molecular weight is 482 g/mol. The molecule has 0 aliphatic carbocycles. The van der Waals surface area contributed by atoms with E-state index < -0.39 is 28.6 Å². The number of carbonyl (C=O) groups is 2. The predicted octanol–water partition coefficient (Wildman–Crippen LogP) is 2.66. The van der Waals surface area contributed by atoms with E-state index in [1.807, 2.05) is 19.1 Å². The summed E-state index contributed by atoms with van der Waals surface area (Å²) in [6.45, 7) is 2.11. The average Bonchev–Trinajstić information content (AvgIpc) is 2.84. The van der Waals surface area contributed by atoms with Crippen LogP contribution in [-0.4, -0.2) is 55.4 Å². The van der Waals surface area contributed by atoms with Gasteiger partial charge in [-0.25, -0.2) is 12.7 Å². The van der Waals surface area contributed by atoms with Crippen LogP contribution in [-0.2, 0) is 14.8 Å². The number of amides is 2. The smallest absolute Gasteiger partial charge is 0.267 e. The Kier molecular flexibility index (Phi) is 6.97. The van der Waals surface area contributed by atoms with Gasteiger partial charge in [0.25, 0.3) is 21.8 Å². The summed E-state index contributed by atoms with van der Waals surface area (Å²) in [6, 6.07) is 16.4. The van der Waals surface area contributed by atoms with Crippen molar-refractivity contribution in [3.05, 3.63) is 71.8 Å². The molecule has 0 saturated carbocycles. The summed E-state index contributed by atoms with van der Waals surface area (Å²) in [5.74, 6) is -1.15. The van der Waals surface area contributed by atoms with E-state index >= 15 is 0 Å². The fourth-order valence-electron chi connectivity index (χ4n) is 4.37. The number of nitrogens with zero attached hydrogens (tertiary/aromatic N) is 1. The van der Waals surface area contributed by atoms with Crippen LogP contribution >= 0.6 is 0 Å². The zero-order valence-electron chi connectivity index (χ0n) is 18.8. The molecule has 1 saturated heterocycles. The lowest BCUT2D eigenvalue weighted by atomic mass is 10.1. The van der Waals surface area contributed by atoms with Crippen LogP contribution in [0.1, 0.15) is 28.8 Å². The van der Waals surface area contributed by atoms with E-state index in [1.54, 1.807) is 36.4 Å². The molecule has 9 heteroatoms. The van der Waals surface area contributed by atoms with Crippen LogP contribution in [0, 0.1) is 6.92 Å². The lowest BCUT2D eigenvalue weighted by Gasteiger charge is -2.33. The van der Waals surface area contributed by atoms with Crippen LogP contribution in [0.15, 0.2) is 65.6 Å². The first kappa shape index (κ1) is 23.9. The fraction of sp³-hybridized carbons (Fsp3) is 0.280. The maximum absolute atomic E-state index is 13.7. The summed E-state index contributed by atoms with van der Waals surface area (Å²) < 4.78 is 28.3. The molecule has 4 rings (SSSR count). The van der Waals surface area contributed by atoms with Gasteiger partial charge < -0.3 is 15.7 Å². The summed E-state index contributed by atoms with van der Waals surface area (Å²) in [4.78, 5) is 25.4. The molecule has 1 heterocycles. The van der Waals surface area contributed by atoms with E-state index in [9.17, 15) is 23.1 Å². The van der Waals surface area contributed by atoms with Crippen molar-refractivity contribution in [2.45, 2.75) is 30.7 Å². The Bertz CT molecular complexity index is 1330. The van der Waals surface area contributed by atoms with Gasteiger partial charge in [-0.15, -0.1) is 0 Å². The molecule has 0 bridgehead atoms. The third-order valence-electron chi connectivity index (χ3n) is 6.08. The van der Waals surface area contributed by atoms with Crippen LogP contribution < -0.4 is 10.6 Å². The maximum atomic E-state index is 13.7. The number of aliphatic hydroxyl groups is 1. The van der Waals surface area contributed by atoms with Gasteiger partial charge in [0.1, 0.15) is 6.61 Å². The third-order valence-corrected chi connectivity index (χ3v) is 8.01. The second-order valence-corrected chi connectivity index (χ2v) is 10.0. The molecular formula is C25H27N3O5S. The summed E-state index contributed by atoms with van der Waals surface area (Å²) in [6.07, 6.45) is 0.931. The van der Waals surface area contributed by atoms with Gasteiger partial charge in [-0.1, -0.05) is 42.5 Å². The molecule has 34 heavy (non-hydrogen) atoms. The number of rotatable bonds is 6. The van der Waals surface area contributed by atoms with Gasteiger partial charge >= 0.3 is 0 Å². The minimum atomic E-state index is -4.26. The summed E-state index contributed by atoms with van der Waals surface area (Å²) in [7, 11) is -4.26. The molecule has 1 aliphatic heterocycles. The lowest BCUT2D eigenvalue weighted by molar-refractivity contribution is -0.131. The van der Waals surface area contributed by atoms with Gasteiger partial charge in [0.15, 0.2) is 0 Å². The van der Waals surface area contributed by atoms with Crippen molar-refractivity contribution in [3.63, 3.8) is 0 Å². The molecule has 0 radical (unpaired) electrons.